The molecule has 4 aliphatic rings. The summed E-state index contributed by atoms with van der Waals surface area (Å²) in [6.07, 6.45) is -0.372. The Hall–Kier alpha value is -1.74. The molecule has 5 atom stereocenters. The van der Waals surface area contributed by atoms with E-state index in [4.69, 9.17) is 14.2 Å². The quantitative estimate of drug-likeness (QED) is 0.472. The molecule has 3 heterocycles. The minimum Gasteiger partial charge on any atom is -0.484 e. The maximum Gasteiger partial charge on any atom is 0.226 e. The lowest BCUT2D eigenvalue weighted by Gasteiger charge is -2.39. The van der Waals surface area contributed by atoms with Crippen LogP contribution in [0, 0.1) is 5.92 Å². The van der Waals surface area contributed by atoms with Gasteiger partial charge in [-0.05, 0) is 13.8 Å². The van der Waals surface area contributed by atoms with Gasteiger partial charge in [-0.2, -0.15) is 0 Å². The van der Waals surface area contributed by atoms with Crippen LogP contribution in [0.1, 0.15) is 13.8 Å². The predicted molar refractivity (Wildman–Crippen MR) is 89.9 cm³/mol. The van der Waals surface area contributed by atoms with Crippen LogP contribution in [-0.2, 0) is 23.8 Å². The lowest BCUT2D eigenvalue weighted by molar-refractivity contribution is -0.137. The summed E-state index contributed by atoms with van der Waals surface area (Å²) in [5, 5.41) is 13.4. The average Bonchev–Trinajstić information content (AvgIpc) is 3.23. The van der Waals surface area contributed by atoms with E-state index in [0.717, 1.165) is 0 Å². The number of allylic oxidation sites excluding steroid dienone is 2. The number of piperazine rings is 1. The fraction of sp³-hybridized carbons (Fsp3) is 0.667. The zero-order valence-electron chi connectivity index (χ0n) is 15.4. The number of ketones is 2. The molecule has 8 nitrogen and oxygen atoms in total. The summed E-state index contributed by atoms with van der Waals surface area (Å²) >= 11 is 0. The Balaban J connectivity index is 1.75. The van der Waals surface area contributed by atoms with Gasteiger partial charge in [-0.1, -0.05) is 0 Å². The molecule has 0 aromatic carbocycles. The minimum atomic E-state index is -0.900. The van der Waals surface area contributed by atoms with E-state index < -0.39 is 11.6 Å². The number of aliphatic hydroxyl groups is 1. The van der Waals surface area contributed by atoms with E-state index >= 15 is 0 Å². The lowest BCUT2D eigenvalue weighted by Crippen LogP contribution is -2.54. The fourth-order valence-electron chi connectivity index (χ4n) is 4.73. The van der Waals surface area contributed by atoms with E-state index in [0.29, 0.717) is 24.4 Å². The second-order valence-corrected chi connectivity index (χ2v) is 7.31. The first-order valence-corrected chi connectivity index (χ1v) is 8.82. The predicted octanol–water partition coefficient (Wildman–Crippen LogP) is -0.661. The van der Waals surface area contributed by atoms with E-state index in [1.165, 1.54) is 0 Å². The van der Waals surface area contributed by atoms with Crippen molar-refractivity contribution in [2.75, 3.05) is 34.0 Å². The molecule has 0 radical (unpaired) electrons. The molecule has 142 valence electrons. The summed E-state index contributed by atoms with van der Waals surface area (Å²) in [6.45, 7) is 3.98. The van der Waals surface area contributed by atoms with Gasteiger partial charge >= 0.3 is 0 Å². The molecule has 0 aromatic rings. The van der Waals surface area contributed by atoms with Crippen molar-refractivity contribution >= 4 is 11.6 Å². The van der Waals surface area contributed by atoms with Crippen LogP contribution in [0.3, 0.4) is 0 Å². The summed E-state index contributed by atoms with van der Waals surface area (Å²) in [7, 11) is 3.11. The molecule has 2 saturated heterocycles. The largest absolute Gasteiger partial charge is 0.484 e. The molecular weight excluding hydrogens is 340 g/mol. The van der Waals surface area contributed by atoms with Gasteiger partial charge in [-0.25, -0.2) is 0 Å². The number of nitrogens with one attached hydrogen (secondary N) is 1. The smallest absolute Gasteiger partial charge is 0.226 e. The summed E-state index contributed by atoms with van der Waals surface area (Å²) < 4.78 is 16.6. The molecule has 1 aliphatic carbocycles. The second-order valence-electron chi connectivity index (χ2n) is 7.31. The highest BCUT2D eigenvalue weighted by atomic mass is 16.5. The Morgan fingerprint density at radius 1 is 1.35 bits per heavy atom. The normalized spacial score (nSPS) is 36.3. The maximum absolute atomic E-state index is 13.2. The van der Waals surface area contributed by atoms with Crippen molar-refractivity contribution in [3.8, 4) is 0 Å². The van der Waals surface area contributed by atoms with Gasteiger partial charge in [0.1, 0.15) is 6.10 Å². The number of carbonyl (C=O) groups excluding carboxylic acids is 2. The molecule has 0 amide bonds. The molecule has 0 saturated carbocycles. The first kappa shape index (κ1) is 17.7. The molecule has 2 N–H and O–H groups in total. The van der Waals surface area contributed by atoms with Gasteiger partial charge in [0.15, 0.2) is 11.5 Å². The Labute approximate surface area is 151 Å². The molecule has 8 heteroatoms. The van der Waals surface area contributed by atoms with Crippen LogP contribution in [0.15, 0.2) is 22.6 Å². The number of aliphatic hydroxyl groups excluding tert-OH is 1. The number of rotatable bonds is 6. The fourth-order valence-corrected chi connectivity index (χ4v) is 4.73. The van der Waals surface area contributed by atoms with Crippen LogP contribution in [-0.4, -0.2) is 79.5 Å². The molecular formula is C18H24N2O6. The highest BCUT2D eigenvalue weighted by Crippen LogP contribution is 2.55. The lowest BCUT2D eigenvalue weighted by atomic mass is 9.83. The van der Waals surface area contributed by atoms with Crippen LogP contribution in [0.5, 0.6) is 0 Å². The maximum atomic E-state index is 13.2. The number of methoxy groups -OCH3 is 2. The van der Waals surface area contributed by atoms with Gasteiger partial charge < -0.3 is 29.5 Å². The number of carbonyl (C=O) groups is 2. The zero-order valence-corrected chi connectivity index (χ0v) is 15.4. The van der Waals surface area contributed by atoms with E-state index in [2.05, 4.69) is 5.32 Å². The summed E-state index contributed by atoms with van der Waals surface area (Å²) in [4.78, 5) is 28.2. The molecule has 0 bridgehead atoms. The third-order valence-electron chi connectivity index (χ3n) is 5.88. The van der Waals surface area contributed by atoms with Crippen molar-refractivity contribution in [3.05, 3.63) is 22.6 Å². The van der Waals surface area contributed by atoms with Crippen LogP contribution in [0.2, 0.25) is 0 Å². The highest BCUT2D eigenvalue weighted by Gasteiger charge is 2.72. The number of nitrogens with zero attached hydrogens (tertiary/aromatic N) is 1. The number of hydrogen-bond donors (Lipinski definition) is 2. The second kappa shape index (κ2) is 5.88. The van der Waals surface area contributed by atoms with Crippen molar-refractivity contribution in [2.45, 2.75) is 37.8 Å². The standard InChI is InChI=1S/C18H24N2O6/c1-8(7-24-3)26-16-9(2)14(22)13-12(15(16)23)10(6-21)18(25-4)17-11(19-17)5-20(13)18/h8,10-11,17,19,21H,5-7H2,1-4H3. The molecule has 4 rings (SSSR count). The first-order valence-electron chi connectivity index (χ1n) is 8.82. The van der Waals surface area contributed by atoms with Gasteiger partial charge in [0.05, 0.1) is 30.9 Å². The third-order valence-corrected chi connectivity index (χ3v) is 5.88. The molecule has 2 fully saturated rings. The van der Waals surface area contributed by atoms with Crippen molar-refractivity contribution in [1.82, 2.24) is 10.2 Å². The Morgan fingerprint density at radius 3 is 2.69 bits per heavy atom. The van der Waals surface area contributed by atoms with E-state index in [1.807, 2.05) is 4.90 Å². The van der Waals surface area contributed by atoms with Crippen LogP contribution in [0.25, 0.3) is 0 Å². The summed E-state index contributed by atoms with van der Waals surface area (Å²) in [6, 6.07) is 0.206. The monoisotopic (exact) mass is 364 g/mol. The number of hydrogen-bond acceptors (Lipinski definition) is 8. The average molecular weight is 364 g/mol. The van der Waals surface area contributed by atoms with Gasteiger partial charge in [-0.3, -0.25) is 9.59 Å². The zero-order chi connectivity index (χ0) is 18.8. The Bertz CT molecular complexity index is 744. The number of Topliss-reactive ketones (excluding diaryl/α,β-unsaturated/α-hetero) is 2. The SMILES string of the molecule is COCC(C)OC1=C(C)C(=O)C2=C(C1=O)C(CO)C1(OC)C3NC3CN21. The molecule has 0 aromatic heterocycles. The topological polar surface area (TPSA) is 107 Å². The van der Waals surface area contributed by atoms with Gasteiger partial charge in [-0.15, -0.1) is 0 Å². The Morgan fingerprint density at radius 2 is 2.08 bits per heavy atom. The number of ether oxygens (including phenoxy) is 3. The number of fused-ring (bicyclic) bond motifs is 4. The van der Waals surface area contributed by atoms with E-state index in [9.17, 15) is 14.7 Å². The van der Waals surface area contributed by atoms with Gasteiger partial charge in [0.2, 0.25) is 11.6 Å². The van der Waals surface area contributed by atoms with Crippen LogP contribution in [0.4, 0.5) is 0 Å². The van der Waals surface area contributed by atoms with Gasteiger partial charge in [0.25, 0.3) is 0 Å². The highest BCUT2D eigenvalue weighted by molar-refractivity contribution is 6.25. The molecule has 0 spiro atoms. The van der Waals surface area contributed by atoms with E-state index in [-0.39, 0.29) is 47.7 Å². The summed E-state index contributed by atoms with van der Waals surface area (Å²) in [5.74, 6) is -1.14. The van der Waals surface area contributed by atoms with Crippen molar-refractivity contribution in [2.24, 2.45) is 5.92 Å². The van der Waals surface area contributed by atoms with Crippen molar-refractivity contribution < 1.29 is 28.9 Å². The first-order chi connectivity index (χ1) is 12.4. The molecule has 3 aliphatic heterocycles. The van der Waals surface area contributed by atoms with E-state index in [1.54, 1.807) is 28.1 Å². The van der Waals surface area contributed by atoms with Crippen molar-refractivity contribution in [3.63, 3.8) is 0 Å². The molecule has 26 heavy (non-hydrogen) atoms. The minimum absolute atomic E-state index is 0.00654. The summed E-state index contributed by atoms with van der Waals surface area (Å²) in [5.41, 5.74) is 0.0446. The van der Waals surface area contributed by atoms with Crippen LogP contribution < -0.4 is 5.32 Å². The van der Waals surface area contributed by atoms with Gasteiger partial charge in [0, 0.05) is 38.0 Å². The van der Waals surface area contributed by atoms with Crippen molar-refractivity contribution in [1.29, 1.82) is 0 Å². The van der Waals surface area contributed by atoms with Crippen LogP contribution >= 0.6 is 0 Å². The molecule has 5 unspecified atom stereocenters. The Kier molecular flexibility index (Phi) is 4.00. The third kappa shape index (κ3) is 2.04.